The molecule has 0 unspecified atom stereocenters. The van der Waals surface area contributed by atoms with Gasteiger partial charge in [0.15, 0.2) is 5.78 Å². The van der Waals surface area contributed by atoms with E-state index in [0.29, 0.717) is 12.0 Å². The van der Waals surface area contributed by atoms with Crippen molar-refractivity contribution in [1.82, 2.24) is 9.88 Å². The summed E-state index contributed by atoms with van der Waals surface area (Å²) in [6, 6.07) is 9.81. The minimum Gasteiger partial charge on any atom is -0.473 e. The van der Waals surface area contributed by atoms with Crippen molar-refractivity contribution in [1.29, 1.82) is 0 Å². The number of anilines is 1. The molecule has 1 aromatic carbocycles. The smallest absolute Gasteiger partial charge is 0.414 e. The molecule has 1 fully saturated rings. The first-order valence-electron chi connectivity index (χ1n) is 10.9. The Morgan fingerprint density at radius 2 is 1.70 bits per heavy atom. The maximum absolute atomic E-state index is 12.7. The first-order chi connectivity index (χ1) is 15.7. The highest BCUT2D eigenvalue weighted by Crippen LogP contribution is 2.31. The molecule has 2 heterocycles. The van der Waals surface area contributed by atoms with E-state index in [1.165, 1.54) is 5.56 Å². The summed E-state index contributed by atoms with van der Waals surface area (Å²) >= 11 is 0. The predicted molar refractivity (Wildman–Crippen MR) is 121 cm³/mol. The average molecular weight is 456 g/mol. The molecule has 2 aliphatic rings. The third-order valence-corrected chi connectivity index (χ3v) is 6.34. The van der Waals surface area contributed by atoms with Gasteiger partial charge >= 0.3 is 11.9 Å². The Morgan fingerprint density at radius 3 is 2.27 bits per heavy atom. The lowest BCUT2D eigenvalue weighted by atomic mass is 9.82. The van der Waals surface area contributed by atoms with Gasteiger partial charge in [0.1, 0.15) is 0 Å². The van der Waals surface area contributed by atoms with Crippen LogP contribution < -0.4 is 5.73 Å². The molecule has 2 atom stereocenters. The summed E-state index contributed by atoms with van der Waals surface area (Å²) < 4.78 is 0. The zero-order valence-corrected chi connectivity index (χ0v) is 18.5. The summed E-state index contributed by atoms with van der Waals surface area (Å²) in [6.07, 6.45) is 4.39. The van der Waals surface area contributed by atoms with Crippen LogP contribution in [0.1, 0.15) is 40.0 Å². The fraction of sp³-hybridized carbons (Fsp3) is 0.417. The summed E-state index contributed by atoms with van der Waals surface area (Å²) in [4.78, 5) is 37.5. The summed E-state index contributed by atoms with van der Waals surface area (Å²) in [5, 5.41) is 25.5. The highest BCUT2D eigenvalue weighted by molar-refractivity contribution is 6.27. The molecule has 2 aromatic rings. The molecule has 0 spiro atoms. The van der Waals surface area contributed by atoms with Crippen LogP contribution in [0.5, 0.6) is 0 Å². The molecule has 9 nitrogen and oxygen atoms in total. The Bertz CT molecular complexity index is 1000. The molecular formula is C24H29N3O6. The molecule has 0 saturated carbocycles. The van der Waals surface area contributed by atoms with Crippen LogP contribution in [0.2, 0.25) is 0 Å². The summed E-state index contributed by atoms with van der Waals surface area (Å²) in [5.41, 5.74) is 11.0. The minimum atomic E-state index is -1.82. The number of carbonyl (C=O) groups is 3. The molecular weight excluding hydrogens is 426 g/mol. The number of nitrogen functional groups attached to an aromatic ring is 1. The zero-order chi connectivity index (χ0) is 24.1. The molecule has 33 heavy (non-hydrogen) atoms. The van der Waals surface area contributed by atoms with Gasteiger partial charge in [-0.15, -0.1) is 0 Å². The molecule has 0 amide bonds. The molecule has 0 bridgehead atoms. The van der Waals surface area contributed by atoms with Gasteiger partial charge in [0, 0.05) is 41.5 Å². The van der Waals surface area contributed by atoms with Gasteiger partial charge in [-0.25, -0.2) is 9.59 Å². The molecule has 4 rings (SSSR count). The van der Waals surface area contributed by atoms with Crippen LogP contribution in [0.15, 0.2) is 36.5 Å². The van der Waals surface area contributed by atoms with E-state index in [1.54, 1.807) is 6.20 Å². The summed E-state index contributed by atoms with van der Waals surface area (Å²) in [6.45, 7) is 3.59. The van der Waals surface area contributed by atoms with E-state index >= 15 is 0 Å². The normalized spacial score (nSPS) is 20.8. The summed E-state index contributed by atoms with van der Waals surface area (Å²) in [5.74, 6) is -3.41. The Morgan fingerprint density at radius 1 is 1.03 bits per heavy atom. The molecule has 9 heteroatoms. The molecule has 1 aromatic heterocycles. The van der Waals surface area contributed by atoms with Gasteiger partial charge in [0.2, 0.25) is 0 Å². The van der Waals surface area contributed by atoms with E-state index in [1.807, 2.05) is 31.2 Å². The van der Waals surface area contributed by atoms with Crippen LogP contribution in [0, 0.1) is 12.8 Å². The molecule has 0 radical (unpaired) electrons. The number of aromatic nitrogens is 1. The lowest BCUT2D eigenvalue weighted by Gasteiger charge is -2.42. The largest absolute Gasteiger partial charge is 0.473 e. The van der Waals surface area contributed by atoms with Crippen molar-refractivity contribution in [3.63, 3.8) is 0 Å². The van der Waals surface area contributed by atoms with Crippen molar-refractivity contribution in [2.75, 3.05) is 18.8 Å². The van der Waals surface area contributed by atoms with Crippen LogP contribution >= 0.6 is 0 Å². The zero-order valence-electron chi connectivity index (χ0n) is 18.5. The molecule has 1 aliphatic carbocycles. The third kappa shape index (κ3) is 5.94. The SMILES string of the molecule is Cc1ccc(C(=O)C2CCN([C@H]3Cc4c(N)cccc4C[C@@H]3O)CC2)cn1.O=C(O)C(=O)O. The molecule has 1 aliphatic heterocycles. The molecule has 5 N–H and O–H groups in total. The second-order valence-electron chi connectivity index (χ2n) is 8.50. The predicted octanol–water partition coefficient (Wildman–Crippen LogP) is 1.55. The number of hydrogen-bond donors (Lipinski definition) is 4. The number of aryl methyl sites for hydroxylation is 1. The molecule has 1 saturated heterocycles. The maximum atomic E-state index is 12.7. The first-order valence-corrected chi connectivity index (χ1v) is 10.9. The number of fused-ring (bicyclic) bond motifs is 1. The standard InChI is InChI=1S/C22H27N3O2.C2H2O4/c1-14-5-6-17(13-24-14)22(27)15-7-9-25(10-8-15)20-12-18-16(11-21(20)26)3-2-4-19(18)23;3-1(4)2(5)6/h2-6,13,15,20-21,26H,7-12,23H2,1H3;(H,3,4)(H,5,6)/t20-,21-;/m0./s1. The number of aliphatic hydroxyl groups excluding tert-OH is 1. The van der Waals surface area contributed by atoms with Crippen molar-refractivity contribution in [3.8, 4) is 0 Å². The van der Waals surface area contributed by atoms with Gasteiger partial charge in [0.05, 0.1) is 6.10 Å². The van der Waals surface area contributed by atoms with Crippen molar-refractivity contribution >= 4 is 23.4 Å². The number of rotatable bonds is 3. The van der Waals surface area contributed by atoms with Crippen molar-refractivity contribution in [3.05, 3.63) is 58.9 Å². The van der Waals surface area contributed by atoms with Gasteiger partial charge in [-0.1, -0.05) is 12.1 Å². The number of Topliss-reactive ketones (excluding diaryl/α,β-unsaturated/α-hetero) is 1. The number of carboxylic acids is 2. The number of pyridine rings is 1. The second kappa shape index (κ2) is 10.5. The molecule has 176 valence electrons. The number of likely N-dealkylation sites (tertiary alicyclic amines) is 1. The first kappa shape index (κ1) is 24.3. The minimum absolute atomic E-state index is 0.0452. The van der Waals surface area contributed by atoms with E-state index in [4.69, 9.17) is 25.5 Å². The van der Waals surface area contributed by atoms with Crippen molar-refractivity contribution in [2.24, 2.45) is 5.92 Å². The number of piperidine rings is 1. The highest BCUT2D eigenvalue weighted by atomic mass is 16.4. The number of nitrogens with two attached hydrogens (primary N) is 1. The quantitative estimate of drug-likeness (QED) is 0.306. The van der Waals surface area contributed by atoms with Crippen molar-refractivity contribution in [2.45, 2.75) is 44.8 Å². The Hall–Kier alpha value is -3.30. The Kier molecular flexibility index (Phi) is 7.78. The van der Waals surface area contributed by atoms with Crippen LogP contribution in [-0.2, 0) is 22.4 Å². The number of carboxylic acid groups (broad SMARTS) is 2. The van der Waals surface area contributed by atoms with E-state index in [-0.39, 0.29) is 23.8 Å². The van der Waals surface area contributed by atoms with E-state index in [9.17, 15) is 9.90 Å². The van der Waals surface area contributed by atoms with Crippen LogP contribution in [0.3, 0.4) is 0 Å². The number of benzene rings is 1. The average Bonchev–Trinajstić information content (AvgIpc) is 2.79. The third-order valence-electron chi connectivity index (χ3n) is 6.34. The van der Waals surface area contributed by atoms with Gasteiger partial charge in [-0.05, 0) is 68.6 Å². The topological polar surface area (TPSA) is 154 Å². The van der Waals surface area contributed by atoms with Crippen LogP contribution in [0.4, 0.5) is 5.69 Å². The van der Waals surface area contributed by atoms with E-state index in [2.05, 4.69) is 16.0 Å². The van der Waals surface area contributed by atoms with Crippen molar-refractivity contribution < 1.29 is 29.7 Å². The number of aliphatic hydroxyl groups is 1. The fourth-order valence-electron chi connectivity index (χ4n) is 4.52. The fourth-order valence-corrected chi connectivity index (χ4v) is 4.52. The second-order valence-corrected chi connectivity index (χ2v) is 8.50. The maximum Gasteiger partial charge on any atom is 0.414 e. The summed E-state index contributed by atoms with van der Waals surface area (Å²) in [7, 11) is 0. The van der Waals surface area contributed by atoms with E-state index in [0.717, 1.165) is 49.3 Å². The number of ketones is 1. The van der Waals surface area contributed by atoms with Gasteiger partial charge in [-0.2, -0.15) is 0 Å². The number of nitrogens with zero attached hydrogens (tertiary/aromatic N) is 2. The van der Waals surface area contributed by atoms with Crippen LogP contribution in [0.25, 0.3) is 0 Å². The monoisotopic (exact) mass is 455 g/mol. The van der Waals surface area contributed by atoms with Gasteiger partial charge in [-0.3, -0.25) is 14.7 Å². The number of aliphatic carboxylic acids is 2. The Labute approximate surface area is 191 Å². The van der Waals surface area contributed by atoms with Crippen LogP contribution in [-0.4, -0.2) is 68.2 Å². The Balaban J connectivity index is 0.000000454. The van der Waals surface area contributed by atoms with Gasteiger partial charge < -0.3 is 21.1 Å². The highest BCUT2D eigenvalue weighted by Gasteiger charge is 2.35. The number of carbonyl (C=O) groups excluding carboxylic acids is 1. The van der Waals surface area contributed by atoms with Gasteiger partial charge in [0.25, 0.3) is 0 Å². The number of hydrogen-bond acceptors (Lipinski definition) is 7. The van der Waals surface area contributed by atoms with E-state index < -0.39 is 11.9 Å². The lowest BCUT2D eigenvalue weighted by Crippen LogP contribution is -2.51. The lowest BCUT2D eigenvalue weighted by molar-refractivity contribution is -0.159.